The lowest BCUT2D eigenvalue weighted by molar-refractivity contribution is 0.369. The summed E-state index contributed by atoms with van der Waals surface area (Å²) in [4.78, 5) is 0. The fourth-order valence-electron chi connectivity index (χ4n) is 2.67. The van der Waals surface area contributed by atoms with Gasteiger partial charge in [-0.2, -0.15) is 0 Å². The van der Waals surface area contributed by atoms with Crippen LogP contribution < -0.4 is 0 Å². The second-order valence-electron chi connectivity index (χ2n) is 11.4. The average Bonchev–Trinajstić information content (AvgIpc) is 2.92. The van der Waals surface area contributed by atoms with E-state index in [4.69, 9.17) is 9.27 Å². The van der Waals surface area contributed by atoms with Gasteiger partial charge in [0.25, 0.3) is 0 Å². The van der Waals surface area contributed by atoms with Crippen molar-refractivity contribution in [2.45, 2.75) is 88.0 Å². The Balaban J connectivity index is 3.08. The Labute approximate surface area is 164 Å². The van der Waals surface area contributed by atoms with Crippen LogP contribution in [0.3, 0.4) is 0 Å². The van der Waals surface area contributed by atoms with Crippen LogP contribution in [0.1, 0.15) is 88.0 Å². The van der Waals surface area contributed by atoms with Crippen molar-refractivity contribution in [2.24, 2.45) is 21.0 Å². The van der Waals surface area contributed by atoms with E-state index in [1.54, 1.807) is 0 Å². The normalized spacial score (nSPS) is 16.0. The van der Waals surface area contributed by atoms with Gasteiger partial charge in [0.15, 0.2) is 0 Å². The van der Waals surface area contributed by atoms with Crippen molar-refractivity contribution >= 4 is 7.28 Å². The molecule has 152 valence electrons. The number of rotatable bonds is 8. The molecule has 1 aliphatic carbocycles. The van der Waals surface area contributed by atoms with Crippen LogP contribution in [0.25, 0.3) is 0 Å². The van der Waals surface area contributed by atoms with Crippen LogP contribution in [0.15, 0.2) is 28.7 Å². The predicted octanol–water partition coefficient (Wildman–Crippen LogP) is 8.27. The number of hydrogen-bond donors (Lipinski definition) is 0. The van der Waals surface area contributed by atoms with Gasteiger partial charge in [-0.1, -0.05) is 74.5 Å². The molecule has 26 heavy (non-hydrogen) atoms. The summed E-state index contributed by atoms with van der Waals surface area (Å²) in [7, 11) is -1.81. The van der Waals surface area contributed by atoms with Crippen LogP contribution in [0, 0.1) is 16.2 Å². The van der Waals surface area contributed by atoms with Crippen LogP contribution >= 0.6 is 7.28 Å². The second-order valence-corrected chi connectivity index (χ2v) is 14.5. The van der Waals surface area contributed by atoms with E-state index in [-0.39, 0.29) is 0 Å². The third-order valence-electron chi connectivity index (χ3n) is 4.67. The summed E-state index contributed by atoms with van der Waals surface area (Å²) >= 11 is 0. The van der Waals surface area contributed by atoms with E-state index in [0.717, 1.165) is 37.5 Å². The Bertz CT molecular complexity index is 528. The largest absolute Gasteiger partial charge is 0.464 e. The first kappa shape index (κ1) is 23.5. The van der Waals surface area contributed by atoms with Gasteiger partial charge < -0.3 is 4.52 Å². The van der Waals surface area contributed by atoms with Crippen molar-refractivity contribution in [3.8, 4) is 0 Å². The topological polar surface area (TPSA) is 21.6 Å². The van der Waals surface area contributed by atoms with Crippen molar-refractivity contribution in [2.75, 3.05) is 18.9 Å². The van der Waals surface area contributed by atoms with E-state index < -0.39 is 7.28 Å². The van der Waals surface area contributed by atoms with E-state index in [1.807, 2.05) is 0 Å². The molecular weight excluding hydrogens is 337 g/mol. The highest BCUT2D eigenvalue weighted by molar-refractivity contribution is 7.61. The Kier molecular flexibility index (Phi) is 8.27. The van der Waals surface area contributed by atoms with E-state index in [9.17, 15) is 0 Å². The molecular formula is C23H44NOP. The molecule has 0 saturated carbocycles. The lowest BCUT2D eigenvalue weighted by atomic mass is 9.93. The van der Waals surface area contributed by atoms with E-state index >= 15 is 0 Å². The molecule has 0 aromatic heterocycles. The first-order valence-electron chi connectivity index (χ1n) is 10.3. The Morgan fingerprint density at radius 2 is 1.35 bits per heavy atom. The van der Waals surface area contributed by atoms with Crippen molar-refractivity contribution in [1.82, 2.24) is 0 Å². The molecule has 0 aromatic rings. The molecule has 1 aliphatic rings. The zero-order chi connectivity index (χ0) is 20.1. The molecule has 0 heterocycles. The molecule has 0 bridgehead atoms. The van der Waals surface area contributed by atoms with Crippen molar-refractivity contribution in [3.05, 3.63) is 24.0 Å². The van der Waals surface area contributed by atoms with E-state index in [1.165, 1.54) is 12.8 Å². The van der Waals surface area contributed by atoms with Crippen LogP contribution in [0.5, 0.6) is 0 Å². The highest BCUT2D eigenvalue weighted by atomic mass is 31.2. The van der Waals surface area contributed by atoms with E-state index in [0.29, 0.717) is 16.2 Å². The maximum Gasteiger partial charge on any atom is 0.133 e. The molecule has 3 heteroatoms. The summed E-state index contributed by atoms with van der Waals surface area (Å²) in [5, 5.41) is 0. The SMILES string of the molecule is CC(C)(C)CCN=P(CCC(C)(C)C)(CCC(C)(C)C)OC1=CC=CC1. The van der Waals surface area contributed by atoms with E-state index in [2.05, 4.69) is 80.5 Å². The van der Waals surface area contributed by atoms with Gasteiger partial charge in [0.1, 0.15) is 13.0 Å². The number of hydrogen-bond acceptors (Lipinski definition) is 2. The minimum Gasteiger partial charge on any atom is -0.464 e. The summed E-state index contributed by atoms with van der Waals surface area (Å²) in [5.41, 5.74) is 0.956. The molecule has 1 rings (SSSR count). The van der Waals surface area contributed by atoms with Crippen molar-refractivity contribution < 1.29 is 4.52 Å². The zero-order valence-corrected chi connectivity index (χ0v) is 19.9. The molecule has 2 nitrogen and oxygen atoms in total. The van der Waals surface area contributed by atoms with Gasteiger partial charge in [0, 0.05) is 25.3 Å². The molecule has 0 unspecified atom stereocenters. The molecule has 0 aliphatic heterocycles. The van der Waals surface area contributed by atoms with Gasteiger partial charge in [0.2, 0.25) is 0 Å². The van der Waals surface area contributed by atoms with Crippen molar-refractivity contribution in [1.29, 1.82) is 0 Å². The monoisotopic (exact) mass is 381 g/mol. The quantitative estimate of drug-likeness (QED) is 0.388. The minimum absolute atomic E-state index is 0.318. The summed E-state index contributed by atoms with van der Waals surface area (Å²) in [6.07, 6.45) is 13.1. The Morgan fingerprint density at radius 3 is 1.73 bits per heavy atom. The zero-order valence-electron chi connectivity index (χ0n) is 19.0. The second kappa shape index (κ2) is 9.13. The average molecular weight is 382 g/mol. The molecule has 0 N–H and O–H groups in total. The highest BCUT2D eigenvalue weighted by Gasteiger charge is 2.28. The number of allylic oxidation sites excluding steroid dienone is 3. The van der Waals surface area contributed by atoms with Gasteiger partial charge in [0.05, 0.1) is 0 Å². The Morgan fingerprint density at radius 1 is 0.846 bits per heavy atom. The molecule has 0 spiro atoms. The summed E-state index contributed by atoms with van der Waals surface area (Å²) in [6, 6.07) is 0. The Hall–Kier alpha value is -0.490. The van der Waals surface area contributed by atoms with Crippen LogP contribution in [-0.2, 0) is 4.52 Å². The summed E-state index contributed by atoms with van der Waals surface area (Å²) < 4.78 is 12.1. The molecule has 0 saturated heterocycles. The third kappa shape index (κ3) is 10.6. The molecule has 0 amide bonds. The fourth-order valence-corrected chi connectivity index (χ4v) is 6.50. The number of nitrogens with zero attached hydrogens (tertiary/aromatic N) is 1. The van der Waals surface area contributed by atoms with Crippen LogP contribution in [-0.4, -0.2) is 18.9 Å². The third-order valence-corrected chi connectivity index (χ3v) is 7.80. The lowest BCUT2D eigenvalue weighted by Gasteiger charge is -2.32. The van der Waals surface area contributed by atoms with Crippen LogP contribution in [0.4, 0.5) is 0 Å². The summed E-state index contributed by atoms with van der Waals surface area (Å²) in [5.74, 6) is 1.13. The molecule has 0 atom stereocenters. The molecule has 0 radical (unpaired) electrons. The van der Waals surface area contributed by atoms with Gasteiger partial charge in [-0.3, -0.25) is 4.74 Å². The maximum absolute atomic E-state index is 6.75. The first-order chi connectivity index (χ1) is 11.7. The van der Waals surface area contributed by atoms with Gasteiger partial charge in [-0.15, -0.1) is 0 Å². The van der Waals surface area contributed by atoms with Gasteiger partial charge in [-0.05, 0) is 41.6 Å². The standard InChI is InChI=1S/C23H44NOP/c1-21(2,3)14-17-24-26(18-15-22(4,5)6,19-16-23(7,8)9)25-20-12-10-11-13-20/h10-12H,13-19H2,1-9H3. The first-order valence-corrected chi connectivity index (χ1v) is 12.3. The maximum atomic E-state index is 6.75. The smallest absolute Gasteiger partial charge is 0.133 e. The van der Waals surface area contributed by atoms with Crippen LogP contribution in [0.2, 0.25) is 0 Å². The van der Waals surface area contributed by atoms with Crippen molar-refractivity contribution in [3.63, 3.8) is 0 Å². The van der Waals surface area contributed by atoms with Gasteiger partial charge >= 0.3 is 0 Å². The lowest BCUT2D eigenvalue weighted by Crippen LogP contribution is -2.15. The summed E-state index contributed by atoms with van der Waals surface area (Å²) in [6.45, 7) is 21.8. The predicted molar refractivity (Wildman–Crippen MR) is 119 cm³/mol. The fraction of sp³-hybridized carbons (Fsp3) is 0.826. The molecule has 0 fully saturated rings. The van der Waals surface area contributed by atoms with Gasteiger partial charge in [-0.25, -0.2) is 0 Å². The minimum atomic E-state index is -1.81. The highest BCUT2D eigenvalue weighted by Crippen LogP contribution is 2.57. The molecule has 0 aromatic carbocycles.